The molecule has 0 bridgehead atoms. The molecule has 0 saturated carbocycles. The van der Waals surface area contributed by atoms with Crippen LogP contribution in [0.25, 0.3) is 16.9 Å². The van der Waals surface area contributed by atoms with Crippen molar-refractivity contribution in [1.29, 1.82) is 0 Å². The average molecular weight is 450 g/mol. The summed E-state index contributed by atoms with van der Waals surface area (Å²) in [6.45, 7) is 7.01. The molecule has 0 saturated heterocycles. The first kappa shape index (κ1) is 21.7. The number of nitrogens with zero attached hydrogens (tertiary/aromatic N) is 7. The molecule has 4 aromatic rings. The number of rotatable bonds is 7. The van der Waals surface area contributed by atoms with E-state index in [9.17, 15) is 4.79 Å². The van der Waals surface area contributed by atoms with Crippen LogP contribution in [0.5, 0.6) is 0 Å². The zero-order chi connectivity index (χ0) is 22.7. The zero-order valence-electron chi connectivity index (χ0n) is 18.2. The van der Waals surface area contributed by atoms with Crippen LogP contribution in [-0.2, 0) is 6.54 Å². The lowest BCUT2D eigenvalue weighted by Crippen LogP contribution is -2.41. The Morgan fingerprint density at radius 2 is 1.84 bits per heavy atom. The molecule has 8 nitrogen and oxygen atoms in total. The molecule has 32 heavy (non-hydrogen) atoms. The summed E-state index contributed by atoms with van der Waals surface area (Å²) in [6, 6.07) is 13.1. The molecule has 4 rings (SSSR count). The molecule has 0 aliphatic carbocycles. The van der Waals surface area contributed by atoms with Crippen molar-refractivity contribution in [1.82, 2.24) is 34.9 Å². The highest BCUT2D eigenvalue weighted by molar-refractivity contribution is 6.30. The Bertz CT molecular complexity index is 1200. The fraction of sp³-hybridized carbons (Fsp3) is 0.261. The van der Waals surface area contributed by atoms with Crippen LogP contribution in [0.4, 0.5) is 0 Å². The third kappa shape index (κ3) is 4.55. The van der Waals surface area contributed by atoms with Crippen molar-refractivity contribution in [2.45, 2.75) is 33.4 Å². The van der Waals surface area contributed by atoms with Gasteiger partial charge in [0.1, 0.15) is 5.69 Å². The maximum Gasteiger partial charge on any atom is 0.256 e. The molecule has 2 aromatic carbocycles. The van der Waals surface area contributed by atoms with Gasteiger partial charge in [0.15, 0.2) is 0 Å². The molecule has 9 heteroatoms. The second kappa shape index (κ2) is 9.32. The van der Waals surface area contributed by atoms with Crippen molar-refractivity contribution >= 4 is 17.5 Å². The summed E-state index contributed by atoms with van der Waals surface area (Å²) in [6.07, 6.45) is 5.07. The van der Waals surface area contributed by atoms with Gasteiger partial charge in [-0.25, -0.2) is 4.68 Å². The van der Waals surface area contributed by atoms with Crippen molar-refractivity contribution < 1.29 is 4.79 Å². The highest BCUT2D eigenvalue weighted by Crippen LogP contribution is 2.21. The van der Waals surface area contributed by atoms with Gasteiger partial charge in [-0.1, -0.05) is 40.6 Å². The van der Waals surface area contributed by atoms with Gasteiger partial charge in [0.2, 0.25) is 0 Å². The molecule has 0 unspecified atom stereocenters. The molecule has 1 atom stereocenters. The third-order valence-corrected chi connectivity index (χ3v) is 5.53. The van der Waals surface area contributed by atoms with Crippen LogP contribution < -0.4 is 0 Å². The summed E-state index contributed by atoms with van der Waals surface area (Å²) in [5.41, 5.74) is 3.91. The molecule has 0 radical (unpaired) electrons. The minimum absolute atomic E-state index is 0.0750. The summed E-state index contributed by atoms with van der Waals surface area (Å²) in [4.78, 5) is 16.8. The molecule has 0 aliphatic heterocycles. The van der Waals surface area contributed by atoms with Gasteiger partial charge in [-0.3, -0.25) is 4.79 Å². The van der Waals surface area contributed by atoms with Gasteiger partial charge in [0.25, 0.3) is 5.91 Å². The number of aryl methyl sites for hydroxylation is 1. The molecular weight excluding hydrogens is 426 g/mol. The third-order valence-electron chi connectivity index (χ3n) is 5.28. The normalized spacial score (nSPS) is 12.0. The number of hydrogen-bond acceptors (Lipinski definition) is 5. The second-order valence-electron chi connectivity index (χ2n) is 7.61. The van der Waals surface area contributed by atoms with E-state index in [0.717, 1.165) is 16.8 Å². The van der Waals surface area contributed by atoms with Crippen molar-refractivity contribution in [2.24, 2.45) is 0 Å². The predicted octanol–water partition coefficient (Wildman–Crippen LogP) is 4.04. The van der Waals surface area contributed by atoms with E-state index in [1.807, 2.05) is 74.3 Å². The average Bonchev–Trinajstić information content (AvgIpc) is 3.47. The molecule has 2 heterocycles. The number of amides is 1. The van der Waals surface area contributed by atoms with Crippen molar-refractivity contribution in [2.75, 3.05) is 6.54 Å². The molecule has 0 spiro atoms. The van der Waals surface area contributed by atoms with Crippen LogP contribution in [-0.4, -0.2) is 53.4 Å². The van der Waals surface area contributed by atoms with Gasteiger partial charge in [-0.05, 0) is 45.0 Å². The summed E-state index contributed by atoms with van der Waals surface area (Å²) in [5, 5.41) is 17.6. The van der Waals surface area contributed by atoms with Gasteiger partial charge >= 0.3 is 0 Å². The monoisotopic (exact) mass is 449 g/mol. The van der Waals surface area contributed by atoms with Crippen LogP contribution in [0, 0.1) is 6.92 Å². The van der Waals surface area contributed by atoms with Gasteiger partial charge < -0.3 is 4.90 Å². The van der Waals surface area contributed by atoms with E-state index in [1.165, 1.54) is 4.80 Å². The van der Waals surface area contributed by atoms with Gasteiger partial charge in [0, 0.05) is 23.2 Å². The maximum absolute atomic E-state index is 13.5. The minimum Gasteiger partial charge on any atom is -0.334 e. The van der Waals surface area contributed by atoms with Crippen LogP contribution in [0.2, 0.25) is 5.02 Å². The van der Waals surface area contributed by atoms with Crippen LogP contribution in [0.1, 0.15) is 29.8 Å². The topological polar surface area (TPSA) is 81.7 Å². The molecule has 2 aromatic heterocycles. The number of likely N-dealkylation sites (N-methyl/N-ethyl adjacent to an activating group) is 1. The van der Waals surface area contributed by atoms with Crippen molar-refractivity contribution in [3.8, 4) is 16.9 Å². The van der Waals surface area contributed by atoms with E-state index >= 15 is 0 Å². The minimum atomic E-state index is -0.105. The molecule has 0 aliphatic rings. The number of halogens is 1. The highest BCUT2D eigenvalue weighted by Gasteiger charge is 2.24. The summed E-state index contributed by atoms with van der Waals surface area (Å²) in [7, 11) is 0. The lowest BCUT2D eigenvalue weighted by atomic mass is 10.1. The van der Waals surface area contributed by atoms with E-state index in [-0.39, 0.29) is 11.9 Å². The Kier molecular flexibility index (Phi) is 6.32. The number of carbonyl (C=O) groups is 1. The fourth-order valence-electron chi connectivity index (χ4n) is 3.66. The smallest absolute Gasteiger partial charge is 0.256 e. The first-order valence-electron chi connectivity index (χ1n) is 10.4. The lowest BCUT2D eigenvalue weighted by Gasteiger charge is -2.28. The number of aromatic nitrogens is 6. The SMILES string of the molecule is CCN(C(=O)c1cc(C)ccc1-n1nccn1)[C@@H](C)Cn1cc(-c2ccc(Cl)cc2)nn1. The maximum atomic E-state index is 13.5. The largest absolute Gasteiger partial charge is 0.334 e. The first-order valence-corrected chi connectivity index (χ1v) is 10.8. The Hall–Kier alpha value is -3.52. The predicted molar refractivity (Wildman–Crippen MR) is 123 cm³/mol. The van der Waals surface area contributed by atoms with Gasteiger partial charge in [-0.15, -0.1) is 5.10 Å². The molecule has 0 fully saturated rings. The van der Waals surface area contributed by atoms with E-state index in [4.69, 9.17) is 11.6 Å². The Labute approximate surface area is 191 Å². The Morgan fingerprint density at radius 1 is 1.12 bits per heavy atom. The zero-order valence-corrected chi connectivity index (χ0v) is 18.9. The summed E-state index contributed by atoms with van der Waals surface area (Å²) < 4.78 is 1.76. The van der Waals surface area contributed by atoms with E-state index in [1.54, 1.807) is 17.1 Å². The highest BCUT2D eigenvalue weighted by atomic mass is 35.5. The molecule has 1 amide bonds. The molecular formula is C23H24ClN7O. The van der Waals surface area contributed by atoms with Crippen LogP contribution >= 0.6 is 11.6 Å². The van der Waals surface area contributed by atoms with Crippen molar-refractivity contribution in [3.63, 3.8) is 0 Å². The molecule has 0 N–H and O–H groups in total. The van der Waals surface area contributed by atoms with E-state index in [2.05, 4.69) is 20.5 Å². The first-order chi connectivity index (χ1) is 15.5. The summed E-state index contributed by atoms with van der Waals surface area (Å²) in [5.74, 6) is -0.0750. The Morgan fingerprint density at radius 3 is 2.53 bits per heavy atom. The quantitative estimate of drug-likeness (QED) is 0.425. The Balaban J connectivity index is 1.55. The van der Waals surface area contributed by atoms with Crippen LogP contribution in [0.15, 0.2) is 61.1 Å². The number of carbonyl (C=O) groups excluding carboxylic acids is 1. The van der Waals surface area contributed by atoms with E-state index < -0.39 is 0 Å². The van der Waals surface area contributed by atoms with Crippen LogP contribution in [0.3, 0.4) is 0 Å². The lowest BCUT2D eigenvalue weighted by molar-refractivity contribution is 0.0684. The van der Waals surface area contributed by atoms with Crippen molar-refractivity contribution in [3.05, 3.63) is 77.2 Å². The fourth-order valence-corrected chi connectivity index (χ4v) is 3.78. The standard InChI is InChI=1S/C23H24ClN7O/c1-4-30(23(32)20-13-16(2)5-10-22(20)31-25-11-12-26-31)17(3)14-29-15-21(27-28-29)18-6-8-19(24)9-7-18/h5-13,15,17H,4,14H2,1-3H3/t17-/m0/s1. The van der Waals surface area contributed by atoms with E-state index in [0.29, 0.717) is 29.4 Å². The molecule has 164 valence electrons. The van der Waals surface area contributed by atoms with Gasteiger partial charge in [-0.2, -0.15) is 15.0 Å². The van der Waals surface area contributed by atoms with Gasteiger partial charge in [0.05, 0.1) is 36.4 Å². The number of hydrogen-bond donors (Lipinski definition) is 0. The second-order valence-corrected chi connectivity index (χ2v) is 8.05. The summed E-state index contributed by atoms with van der Waals surface area (Å²) >= 11 is 5.97. The number of benzene rings is 2.